The third-order valence-electron chi connectivity index (χ3n) is 1.77. The molecule has 4 heteroatoms. The van der Waals surface area contributed by atoms with Gasteiger partial charge in [0.25, 0.3) is 0 Å². The fourth-order valence-electron chi connectivity index (χ4n) is 1.10. The molecule has 0 aliphatic carbocycles. The second-order valence-electron chi connectivity index (χ2n) is 2.64. The number of benzene rings is 1. The molecule has 0 saturated heterocycles. The van der Waals surface area contributed by atoms with Gasteiger partial charge in [0.15, 0.2) is 5.58 Å². The number of anilines is 1. The summed E-state index contributed by atoms with van der Waals surface area (Å²) in [7, 11) is 0. The summed E-state index contributed by atoms with van der Waals surface area (Å²) in [6, 6.07) is 3.44. The van der Waals surface area contributed by atoms with Gasteiger partial charge in [-0.3, -0.25) is 0 Å². The first-order valence-corrected chi connectivity index (χ1v) is 3.87. The minimum atomic E-state index is 0.499. The zero-order valence-electron chi connectivity index (χ0n) is 6.47. The molecule has 1 aromatic carbocycles. The highest BCUT2D eigenvalue weighted by molar-refractivity contribution is 6.33. The van der Waals surface area contributed by atoms with Crippen molar-refractivity contribution < 1.29 is 4.52 Å². The molecule has 3 nitrogen and oxygen atoms in total. The lowest BCUT2D eigenvalue weighted by Gasteiger charge is -1.95. The Morgan fingerprint density at radius 1 is 1.50 bits per heavy atom. The molecule has 1 heterocycles. The highest BCUT2D eigenvalue weighted by Crippen LogP contribution is 2.27. The molecule has 0 fully saturated rings. The van der Waals surface area contributed by atoms with Gasteiger partial charge in [0.1, 0.15) is 0 Å². The summed E-state index contributed by atoms with van der Waals surface area (Å²) in [6.07, 6.45) is 0. The minimum absolute atomic E-state index is 0.499. The number of halogens is 1. The van der Waals surface area contributed by atoms with Crippen molar-refractivity contribution in [3.8, 4) is 0 Å². The molecule has 0 aliphatic heterocycles. The zero-order valence-corrected chi connectivity index (χ0v) is 7.22. The Bertz CT molecular complexity index is 436. The van der Waals surface area contributed by atoms with Gasteiger partial charge < -0.3 is 10.3 Å². The molecule has 0 amide bonds. The van der Waals surface area contributed by atoms with E-state index in [9.17, 15) is 0 Å². The Kier molecular flexibility index (Phi) is 1.48. The van der Waals surface area contributed by atoms with E-state index in [0.717, 1.165) is 11.1 Å². The van der Waals surface area contributed by atoms with Crippen molar-refractivity contribution in [3.05, 3.63) is 22.8 Å². The SMILES string of the molecule is Cc1noc2cc(Cl)c(N)cc12. The molecular weight excluding hydrogens is 176 g/mol. The maximum absolute atomic E-state index is 5.78. The summed E-state index contributed by atoms with van der Waals surface area (Å²) in [5, 5.41) is 5.20. The van der Waals surface area contributed by atoms with Crippen molar-refractivity contribution in [2.45, 2.75) is 6.92 Å². The van der Waals surface area contributed by atoms with Crippen molar-refractivity contribution in [1.82, 2.24) is 5.16 Å². The average Bonchev–Trinajstić information content (AvgIpc) is 2.35. The summed E-state index contributed by atoms with van der Waals surface area (Å²) in [4.78, 5) is 0. The topological polar surface area (TPSA) is 52.0 Å². The van der Waals surface area contributed by atoms with Crippen molar-refractivity contribution >= 4 is 28.3 Å². The number of fused-ring (bicyclic) bond motifs is 1. The van der Waals surface area contributed by atoms with Crippen LogP contribution in [0.15, 0.2) is 16.7 Å². The lowest BCUT2D eigenvalue weighted by atomic mass is 10.2. The maximum atomic E-state index is 5.78. The predicted octanol–water partition coefficient (Wildman–Crippen LogP) is 2.37. The van der Waals surface area contributed by atoms with Crippen LogP contribution in [-0.2, 0) is 0 Å². The first kappa shape index (κ1) is 7.43. The summed E-state index contributed by atoms with van der Waals surface area (Å²) < 4.78 is 4.99. The molecule has 1 aromatic heterocycles. The van der Waals surface area contributed by atoms with Gasteiger partial charge in [0, 0.05) is 11.5 Å². The highest BCUT2D eigenvalue weighted by atomic mass is 35.5. The second-order valence-corrected chi connectivity index (χ2v) is 3.05. The van der Waals surface area contributed by atoms with Crippen molar-refractivity contribution in [2.24, 2.45) is 0 Å². The van der Waals surface area contributed by atoms with Crippen LogP contribution in [0.25, 0.3) is 11.0 Å². The fraction of sp³-hybridized carbons (Fsp3) is 0.125. The fourth-order valence-corrected chi connectivity index (χ4v) is 1.25. The Balaban J connectivity index is 2.87. The lowest BCUT2D eigenvalue weighted by Crippen LogP contribution is -1.85. The first-order valence-electron chi connectivity index (χ1n) is 3.49. The number of hydrogen-bond donors (Lipinski definition) is 1. The number of aryl methyl sites for hydroxylation is 1. The van der Waals surface area contributed by atoms with Crippen molar-refractivity contribution in [3.63, 3.8) is 0 Å². The monoisotopic (exact) mass is 182 g/mol. The van der Waals surface area contributed by atoms with Gasteiger partial charge in [0.2, 0.25) is 0 Å². The van der Waals surface area contributed by atoms with Gasteiger partial charge in [0.05, 0.1) is 16.4 Å². The standard InChI is InChI=1S/C8H7ClN2O/c1-4-5-2-7(10)6(9)3-8(5)12-11-4/h2-3H,10H2,1H3. The molecule has 0 aliphatic rings. The van der Waals surface area contributed by atoms with E-state index in [1.165, 1.54) is 0 Å². The van der Waals surface area contributed by atoms with Crippen LogP contribution in [-0.4, -0.2) is 5.16 Å². The van der Waals surface area contributed by atoms with E-state index in [2.05, 4.69) is 5.16 Å². The summed E-state index contributed by atoms with van der Waals surface area (Å²) >= 11 is 5.78. The van der Waals surface area contributed by atoms with E-state index in [1.807, 2.05) is 6.92 Å². The second kappa shape index (κ2) is 2.38. The lowest BCUT2D eigenvalue weighted by molar-refractivity contribution is 0.450. The largest absolute Gasteiger partial charge is 0.398 e. The molecule has 2 N–H and O–H groups in total. The zero-order chi connectivity index (χ0) is 8.72. The molecule has 62 valence electrons. The third kappa shape index (κ3) is 0.940. The van der Waals surface area contributed by atoms with Crippen molar-refractivity contribution in [1.29, 1.82) is 0 Å². The molecular formula is C8H7ClN2O. The Hall–Kier alpha value is -1.22. The maximum Gasteiger partial charge on any atom is 0.168 e. The van der Waals surface area contributed by atoms with Gasteiger partial charge in [-0.15, -0.1) is 0 Å². The van der Waals surface area contributed by atoms with E-state index in [1.54, 1.807) is 12.1 Å². The van der Waals surface area contributed by atoms with Gasteiger partial charge in [-0.05, 0) is 13.0 Å². The van der Waals surface area contributed by atoms with Crippen LogP contribution < -0.4 is 5.73 Å². The predicted molar refractivity (Wildman–Crippen MR) is 48.2 cm³/mol. The Morgan fingerprint density at radius 2 is 2.25 bits per heavy atom. The third-order valence-corrected chi connectivity index (χ3v) is 2.10. The van der Waals surface area contributed by atoms with E-state index in [4.69, 9.17) is 21.9 Å². The molecule has 0 spiro atoms. The van der Waals surface area contributed by atoms with Gasteiger partial charge in [-0.2, -0.15) is 0 Å². The van der Waals surface area contributed by atoms with Gasteiger partial charge in [-0.25, -0.2) is 0 Å². The Morgan fingerprint density at radius 3 is 3.00 bits per heavy atom. The van der Waals surface area contributed by atoms with Crippen LogP contribution >= 0.6 is 11.6 Å². The number of rotatable bonds is 0. The van der Waals surface area contributed by atoms with Gasteiger partial charge >= 0.3 is 0 Å². The Labute approximate surface area is 74.1 Å². The van der Waals surface area contributed by atoms with E-state index >= 15 is 0 Å². The highest BCUT2D eigenvalue weighted by Gasteiger charge is 2.06. The number of hydrogen-bond acceptors (Lipinski definition) is 3. The molecule has 2 aromatic rings. The van der Waals surface area contributed by atoms with Crippen molar-refractivity contribution in [2.75, 3.05) is 5.73 Å². The molecule has 0 saturated carbocycles. The van der Waals surface area contributed by atoms with Crippen LogP contribution in [0.5, 0.6) is 0 Å². The summed E-state index contributed by atoms with van der Waals surface area (Å²) in [5.41, 5.74) is 7.66. The van der Waals surface area contributed by atoms with Gasteiger partial charge in [-0.1, -0.05) is 16.8 Å². The molecule has 2 rings (SSSR count). The molecule has 0 bridgehead atoms. The molecule has 0 radical (unpaired) electrons. The number of nitrogen functional groups attached to an aromatic ring is 1. The normalized spacial score (nSPS) is 10.8. The quantitative estimate of drug-likeness (QED) is 0.637. The minimum Gasteiger partial charge on any atom is -0.398 e. The average molecular weight is 183 g/mol. The number of aromatic nitrogens is 1. The van der Waals surface area contributed by atoms with Crippen LogP contribution in [0.4, 0.5) is 5.69 Å². The summed E-state index contributed by atoms with van der Waals surface area (Å²) in [5.74, 6) is 0. The summed E-state index contributed by atoms with van der Waals surface area (Å²) in [6.45, 7) is 1.86. The molecule has 0 unspecified atom stereocenters. The van der Waals surface area contributed by atoms with Crippen LogP contribution in [0.2, 0.25) is 5.02 Å². The van der Waals surface area contributed by atoms with Crippen LogP contribution in [0.3, 0.4) is 0 Å². The number of nitrogens with zero attached hydrogens (tertiary/aromatic N) is 1. The van der Waals surface area contributed by atoms with Crippen LogP contribution in [0.1, 0.15) is 5.69 Å². The number of nitrogens with two attached hydrogens (primary N) is 1. The smallest absolute Gasteiger partial charge is 0.168 e. The van der Waals surface area contributed by atoms with E-state index in [0.29, 0.717) is 16.3 Å². The van der Waals surface area contributed by atoms with Crippen LogP contribution in [0, 0.1) is 6.92 Å². The first-order chi connectivity index (χ1) is 5.68. The molecule has 0 atom stereocenters. The molecule has 12 heavy (non-hydrogen) atoms. The van der Waals surface area contributed by atoms with E-state index in [-0.39, 0.29) is 0 Å². The van der Waals surface area contributed by atoms with E-state index < -0.39 is 0 Å².